The summed E-state index contributed by atoms with van der Waals surface area (Å²) in [7, 11) is 0. The van der Waals surface area contributed by atoms with Crippen LogP contribution in [0.25, 0.3) is 6.08 Å². The van der Waals surface area contributed by atoms with Crippen molar-refractivity contribution in [3.05, 3.63) is 96.3 Å². The summed E-state index contributed by atoms with van der Waals surface area (Å²) in [5, 5.41) is 13.5. The summed E-state index contributed by atoms with van der Waals surface area (Å²) in [5.74, 6) is -1.82. The first-order valence-electron chi connectivity index (χ1n) is 11.7. The summed E-state index contributed by atoms with van der Waals surface area (Å²) >= 11 is 3.85. The molecule has 3 aromatic rings. The third kappa shape index (κ3) is 6.77. The van der Waals surface area contributed by atoms with Crippen molar-refractivity contribution < 1.29 is 37.2 Å². The van der Waals surface area contributed by atoms with Gasteiger partial charge in [0.25, 0.3) is 11.1 Å². The van der Waals surface area contributed by atoms with Crippen LogP contribution in [0.4, 0.5) is 29.3 Å². The Labute approximate surface area is 243 Å². The summed E-state index contributed by atoms with van der Waals surface area (Å²) in [6, 6.07) is 11.6. The Morgan fingerprint density at radius 1 is 1.12 bits per heavy atom. The lowest BCUT2D eigenvalue weighted by molar-refractivity contribution is -0.385. The number of nitrogens with zero attached hydrogens (tertiary/aromatic N) is 2. The fourth-order valence-corrected chi connectivity index (χ4v) is 4.97. The van der Waals surface area contributed by atoms with E-state index < -0.39 is 51.7 Å². The van der Waals surface area contributed by atoms with E-state index in [2.05, 4.69) is 21.2 Å². The number of aryl methyl sites for hydroxylation is 1. The van der Waals surface area contributed by atoms with E-state index in [0.29, 0.717) is 34.1 Å². The molecule has 0 saturated carbocycles. The third-order valence-corrected chi connectivity index (χ3v) is 7.42. The van der Waals surface area contributed by atoms with E-state index in [0.717, 1.165) is 22.1 Å². The van der Waals surface area contributed by atoms with Gasteiger partial charge >= 0.3 is 11.9 Å². The van der Waals surface area contributed by atoms with Crippen molar-refractivity contribution in [2.75, 3.05) is 11.9 Å². The Morgan fingerprint density at radius 3 is 2.51 bits per heavy atom. The molecule has 1 saturated heterocycles. The maximum absolute atomic E-state index is 13.1. The molecule has 1 fully saturated rings. The molecule has 212 valence electrons. The maximum atomic E-state index is 13.1. The van der Waals surface area contributed by atoms with Crippen LogP contribution in [0.15, 0.2) is 64.0 Å². The molecule has 3 aromatic carbocycles. The van der Waals surface area contributed by atoms with Crippen molar-refractivity contribution in [1.29, 1.82) is 0 Å². The van der Waals surface area contributed by atoms with Crippen LogP contribution >= 0.6 is 27.7 Å². The Bertz CT molecular complexity index is 1630. The number of carbonyl (C=O) groups is 3. The van der Waals surface area contributed by atoms with E-state index in [-0.39, 0.29) is 16.2 Å². The van der Waals surface area contributed by atoms with Gasteiger partial charge in [-0.25, -0.2) is 0 Å². The molecule has 4 rings (SSSR count). The van der Waals surface area contributed by atoms with Crippen LogP contribution in [0.1, 0.15) is 22.3 Å². The van der Waals surface area contributed by atoms with Crippen LogP contribution in [0.2, 0.25) is 0 Å². The molecular formula is C27H19BrF3N3O6S. The lowest BCUT2D eigenvalue weighted by atomic mass is 10.1. The highest BCUT2D eigenvalue weighted by Gasteiger charge is 2.37. The second kappa shape index (κ2) is 11.7. The first-order valence-corrected chi connectivity index (χ1v) is 13.3. The fourth-order valence-electron chi connectivity index (χ4n) is 3.76. The summed E-state index contributed by atoms with van der Waals surface area (Å²) in [6.07, 6.45) is -3.51. The van der Waals surface area contributed by atoms with Crippen LogP contribution in [0.5, 0.6) is 11.5 Å². The zero-order valence-electron chi connectivity index (χ0n) is 21.2. The topological polar surface area (TPSA) is 119 Å². The van der Waals surface area contributed by atoms with Gasteiger partial charge in [0, 0.05) is 21.8 Å². The lowest BCUT2D eigenvalue weighted by Crippen LogP contribution is -2.36. The van der Waals surface area contributed by atoms with E-state index in [1.165, 1.54) is 24.3 Å². The Hall–Kier alpha value is -4.17. The number of thioether (sulfide) groups is 1. The van der Waals surface area contributed by atoms with Gasteiger partial charge in [-0.05, 0) is 79.2 Å². The number of nitro benzene ring substituents is 1. The molecule has 0 spiro atoms. The molecule has 1 heterocycles. The number of hydrogen-bond acceptors (Lipinski definition) is 7. The number of ether oxygens (including phenoxy) is 1. The molecule has 3 amide bonds. The Morgan fingerprint density at radius 2 is 1.83 bits per heavy atom. The molecule has 0 aliphatic carbocycles. The van der Waals surface area contributed by atoms with E-state index in [9.17, 15) is 37.7 Å². The van der Waals surface area contributed by atoms with Gasteiger partial charge in [0.05, 0.1) is 15.4 Å². The Balaban J connectivity index is 1.59. The molecule has 9 nitrogen and oxygen atoms in total. The zero-order chi connectivity index (χ0) is 30.1. The smallest absolute Gasteiger partial charge is 0.416 e. The molecule has 14 heteroatoms. The average Bonchev–Trinajstić information content (AvgIpc) is 3.15. The molecule has 1 aliphatic rings. The van der Waals surface area contributed by atoms with Crippen molar-refractivity contribution in [3.63, 3.8) is 0 Å². The quantitative estimate of drug-likeness (QED) is 0.160. The summed E-state index contributed by atoms with van der Waals surface area (Å²) in [4.78, 5) is 49.5. The van der Waals surface area contributed by atoms with Gasteiger partial charge in [0.15, 0.2) is 0 Å². The van der Waals surface area contributed by atoms with Gasteiger partial charge in [0.1, 0.15) is 12.3 Å². The minimum atomic E-state index is -4.80. The van der Waals surface area contributed by atoms with Crippen molar-refractivity contribution >= 4 is 62.2 Å². The number of benzene rings is 3. The molecule has 0 unspecified atom stereocenters. The van der Waals surface area contributed by atoms with E-state index in [1.54, 1.807) is 12.1 Å². The lowest BCUT2D eigenvalue weighted by Gasteiger charge is -2.14. The number of alkyl halides is 3. The van der Waals surface area contributed by atoms with Crippen LogP contribution in [-0.4, -0.2) is 33.4 Å². The minimum Gasteiger partial charge on any atom is -0.449 e. The number of nitrogens with one attached hydrogen (secondary N) is 1. The molecule has 1 aliphatic heterocycles. The largest absolute Gasteiger partial charge is 0.449 e. The van der Waals surface area contributed by atoms with Crippen molar-refractivity contribution in [1.82, 2.24) is 4.90 Å². The second-order valence-corrected chi connectivity index (χ2v) is 10.7. The second-order valence-electron chi connectivity index (χ2n) is 8.79. The molecule has 0 atom stereocenters. The number of imide groups is 1. The summed E-state index contributed by atoms with van der Waals surface area (Å²) in [5.41, 5.74) is 0.396. The number of amides is 3. The molecule has 1 N–H and O–H groups in total. The first-order chi connectivity index (χ1) is 19.2. The number of anilines is 1. The van der Waals surface area contributed by atoms with E-state index >= 15 is 0 Å². The minimum absolute atomic E-state index is 0.0319. The number of halogens is 4. The zero-order valence-corrected chi connectivity index (χ0v) is 23.6. The molecule has 0 bridgehead atoms. The number of nitro groups is 1. The van der Waals surface area contributed by atoms with Crippen molar-refractivity contribution in [2.24, 2.45) is 0 Å². The fraction of sp³-hybridized carbons (Fsp3) is 0.148. The number of rotatable bonds is 7. The van der Waals surface area contributed by atoms with Crippen molar-refractivity contribution in [2.45, 2.75) is 20.0 Å². The number of carbonyl (C=O) groups excluding carboxylic acids is 3. The first kappa shape index (κ1) is 29.8. The predicted octanol–water partition coefficient (Wildman–Crippen LogP) is 7.46. The highest BCUT2D eigenvalue weighted by molar-refractivity contribution is 9.10. The Kier molecular flexibility index (Phi) is 8.54. The molecule has 0 aromatic heterocycles. The van der Waals surface area contributed by atoms with Gasteiger partial charge in [0.2, 0.25) is 11.7 Å². The standard InChI is InChI=1S/C27H19BrF3N3O6S/c1-14-4-3-5-19(15(14)2)32-24(35)13-33-25(36)23(41-26(33)37)11-16-10-18(28)7-9-21(16)40-22-8-6-17(27(29,30)31)12-20(22)34(38)39/h3-12H,13H2,1-2H3,(H,32,35)/b23-11+. The third-order valence-electron chi connectivity index (χ3n) is 6.02. The summed E-state index contributed by atoms with van der Waals surface area (Å²) < 4.78 is 45.4. The van der Waals surface area contributed by atoms with Gasteiger partial charge in [-0.15, -0.1) is 0 Å². The maximum Gasteiger partial charge on any atom is 0.416 e. The summed E-state index contributed by atoms with van der Waals surface area (Å²) in [6.45, 7) is 3.17. The SMILES string of the molecule is Cc1cccc(NC(=O)CN2C(=O)S/C(=C/c3cc(Br)ccc3Oc3ccc(C(F)(F)F)cc3[N+](=O)[O-])C2=O)c1C. The van der Waals surface area contributed by atoms with Crippen molar-refractivity contribution in [3.8, 4) is 11.5 Å². The molecule has 0 radical (unpaired) electrons. The highest BCUT2D eigenvalue weighted by Crippen LogP contribution is 2.40. The van der Waals surface area contributed by atoms with Crippen LogP contribution in [0.3, 0.4) is 0 Å². The normalized spacial score (nSPS) is 14.5. The van der Waals surface area contributed by atoms with Gasteiger partial charge in [-0.1, -0.05) is 28.1 Å². The van der Waals surface area contributed by atoms with E-state index in [4.69, 9.17) is 4.74 Å². The van der Waals surface area contributed by atoms with E-state index in [1.807, 2.05) is 19.9 Å². The highest BCUT2D eigenvalue weighted by atomic mass is 79.9. The predicted molar refractivity (Wildman–Crippen MR) is 150 cm³/mol. The molecule has 41 heavy (non-hydrogen) atoms. The average molecular weight is 650 g/mol. The molecular weight excluding hydrogens is 631 g/mol. The van der Waals surface area contributed by atoms with Crippen LogP contribution < -0.4 is 10.1 Å². The van der Waals surface area contributed by atoms with Crippen LogP contribution in [0, 0.1) is 24.0 Å². The monoisotopic (exact) mass is 649 g/mol. The van der Waals surface area contributed by atoms with Gasteiger partial charge in [-0.3, -0.25) is 29.4 Å². The van der Waals surface area contributed by atoms with Crippen LogP contribution in [-0.2, 0) is 15.8 Å². The number of hydrogen-bond donors (Lipinski definition) is 1. The van der Waals surface area contributed by atoms with Gasteiger partial charge in [-0.2, -0.15) is 13.2 Å². The van der Waals surface area contributed by atoms with Gasteiger partial charge < -0.3 is 10.1 Å².